The quantitative estimate of drug-likeness (QED) is 0.466. The normalized spacial score (nSPS) is 16.2. The average Bonchev–Trinajstić information content (AvgIpc) is 2.40. The Bertz CT molecular complexity index is 430. The summed E-state index contributed by atoms with van der Waals surface area (Å²) in [5.74, 6) is 0.954. The van der Waals surface area contributed by atoms with Gasteiger partial charge in [-0.2, -0.15) is 0 Å². The summed E-state index contributed by atoms with van der Waals surface area (Å²) in [7, 11) is 0. The Morgan fingerprint density at radius 3 is 2.47 bits per heavy atom. The number of nitrogens with two attached hydrogens (primary N) is 1. The molecular weight excluding hydrogens is 355 g/mol. The largest absolute Gasteiger partial charge is 0.506 e. The summed E-state index contributed by atoms with van der Waals surface area (Å²) in [6.07, 6.45) is 0. The lowest BCUT2D eigenvalue weighted by atomic mass is 10.2. The number of hydrogen-bond donors (Lipinski definition) is 2. The number of rotatable bonds is 2. The minimum atomic E-state index is 0. The van der Waals surface area contributed by atoms with Crippen LogP contribution < -0.4 is 10.6 Å². The third kappa shape index (κ3) is 3.89. The lowest BCUT2D eigenvalue weighted by Gasteiger charge is -2.36. The number of aromatic hydroxyl groups is 1. The first-order chi connectivity index (χ1) is 8.72. The lowest BCUT2D eigenvalue weighted by molar-refractivity contribution is 0.378. The van der Waals surface area contributed by atoms with Crippen LogP contribution >= 0.6 is 24.0 Å². The summed E-state index contributed by atoms with van der Waals surface area (Å²) in [4.78, 5) is 8.47. The maximum atomic E-state index is 9.82. The molecule has 1 aromatic rings. The molecule has 6 heteroatoms. The van der Waals surface area contributed by atoms with Crippen molar-refractivity contribution in [3.05, 3.63) is 24.3 Å². The highest BCUT2D eigenvalue weighted by molar-refractivity contribution is 14.0. The molecule has 5 nitrogen and oxygen atoms in total. The van der Waals surface area contributed by atoms with E-state index < -0.39 is 0 Å². The maximum absolute atomic E-state index is 9.82. The van der Waals surface area contributed by atoms with Gasteiger partial charge in [0.1, 0.15) is 5.75 Å². The van der Waals surface area contributed by atoms with E-state index in [4.69, 9.17) is 5.73 Å². The first-order valence-electron chi connectivity index (χ1n) is 6.30. The van der Waals surface area contributed by atoms with E-state index in [0.29, 0.717) is 18.3 Å². The van der Waals surface area contributed by atoms with Crippen molar-refractivity contribution in [2.45, 2.75) is 6.92 Å². The molecule has 3 N–H and O–H groups in total. The van der Waals surface area contributed by atoms with Gasteiger partial charge in [-0.05, 0) is 19.1 Å². The Hall–Kier alpha value is -1.18. The molecule has 0 unspecified atom stereocenters. The van der Waals surface area contributed by atoms with E-state index in [2.05, 4.69) is 14.8 Å². The molecule has 0 amide bonds. The van der Waals surface area contributed by atoms with Gasteiger partial charge in [-0.25, -0.2) is 0 Å². The van der Waals surface area contributed by atoms with E-state index in [1.165, 1.54) is 0 Å². The van der Waals surface area contributed by atoms with Crippen molar-refractivity contribution in [2.24, 2.45) is 10.7 Å². The minimum Gasteiger partial charge on any atom is -0.506 e. The summed E-state index contributed by atoms with van der Waals surface area (Å²) >= 11 is 0. The summed E-state index contributed by atoms with van der Waals surface area (Å²) in [5.41, 5.74) is 6.77. The second kappa shape index (κ2) is 7.42. The average molecular weight is 376 g/mol. The number of aliphatic imine (C=N–C) groups is 1. The molecule has 1 saturated heterocycles. The molecule has 2 rings (SSSR count). The van der Waals surface area contributed by atoms with E-state index in [1.54, 1.807) is 6.07 Å². The van der Waals surface area contributed by atoms with Gasteiger partial charge >= 0.3 is 0 Å². The van der Waals surface area contributed by atoms with Crippen LogP contribution in [0.25, 0.3) is 0 Å². The predicted octanol–water partition coefficient (Wildman–Crippen LogP) is 1.47. The van der Waals surface area contributed by atoms with Gasteiger partial charge in [-0.3, -0.25) is 4.99 Å². The van der Waals surface area contributed by atoms with Gasteiger partial charge < -0.3 is 20.6 Å². The summed E-state index contributed by atoms with van der Waals surface area (Å²) in [6.45, 7) is 6.05. The Morgan fingerprint density at radius 1 is 1.26 bits per heavy atom. The maximum Gasteiger partial charge on any atom is 0.191 e. The molecule has 1 heterocycles. The molecule has 1 aliphatic heterocycles. The van der Waals surface area contributed by atoms with E-state index in [-0.39, 0.29) is 24.0 Å². The zero-order chi connectivity index (χ0) is 13.0. The van der Waals surface area contributed by atoms with Crippen LogP contribution in [0, 0.1) is 0 Å². The highest BCUT2D eigenvalue weighted by Gasteiger charge is 2.19. The van der Waals surface area contributed by atoms with Gasteiger partial charge in [0.25, 0.3) is 0 Å². The highest BCUT2D eigenvalue weighted by atomic mass is 127. The number of piperazine rings is 1. The molecule has 0 radical (unpaired) electrons. The van der Waals surface area contributed by atoms with Crippen molar-refractivity contribution >= 4 is 35.6 Å². The first-order valence-corrected chi connectivity index (χ1v) is 6.30. The number of halogens is 1. The van der Waals surface area contributed by atoms with Crippen molar-refractivity contribution in [1.29, 1.82) is 0 Å². The number of guanidine groups is 1. The SMILES string of the molecule is CCN=C(N)N1CCN(c2ccccc2O)CC1.I. The second-order valence-corrected chi connectivity index (χ2v) is 4.30. The molecule has 19 heavy (non-hydrogen) atoms. The van der Waals surface area contributed by atoms with Gasteiger partial charge in [0.2, 0.25) is 0 Å². The lowest BCUT2D eigenvalue weighted by Crippen LogP contribution is -2.51. The molecule has 106 valence electrons. The molecule has 1 aliphatic rings. The third-order valence-corrected chi connectivity index (χ3v) is 3.15. The molecule has 1 aromatic carbocycles. The van der Waals surface area contributed by atoms with Crippen molar-refractivity contribution in [3.8, 4) is 5.75 Å². The van der Waals surface area contributed by atoms with Crippen LogP contribution in [-0.4, -0.2) is 48.7 Å². The minimum absolute atomic E-state index is 0. The zero-order valence-electron chi connectivity index (χ0n) is 11.1. The standard InChI is InChI=1S/C13H20N4O.HI/c1-2-15-13(14)17-9-7-16(8-10-17)11-5-3-4-6-12(11)18;/h3-6,18H,2,7-10H2,1H3,(H2,14,15);1H. The summed E-state index contributed by atoms with van der Waals surface area (Å²) in [5, 5.41) is 9.82. The fourth-order valence-corrected chi connectivity index (χ4v) is 2.17. The molecule has 0 aromatic heterocycles. The van der Waals surface area contributed by atoms with Crippen LogP contribution in [0.15, 0.2) is 29.3 Å². The van der Waals surface area contributed by atoms with Crippen molar-refractivity contribution in [1.82, 2.24) is 4.90 Å². The van der Waals surface area contributed by atoms with E-state index in [9.17, 15) is 5.11 Å². The molecule has 0 atom stereocenters. The molecular formula is C13H21IN4O. The number of hydrogen-bond acceptors (Lipinski definition) is 3. The Balaban J connectivity index is 0.00000180. The topological polar surface area (TPSA) is 65.1 Å². The van der Waals surface area contributed by atoms with Gasteiger partial charge in [-0.15, -0.1) is 24.0 Å². The number of benzene rings is 1. The van der Waals surface area contributed by atoms with Gasteiger partial charge in [0.15, 0.2) is 5.96 Å². The van der Waals surface area contributed by atoms with Crippen molar-refractivity contribution in [2.75, 3.05) is 37.6 Å². The summed E-state index contributed by atoms with van der Waals surface area (Å²) in [6, 6.07) is 7.43. The van der Waals surface area contributed by atoms with E-state index in [1.807, 2.05) is 25.1 Å². The Labute approximate surface area is 131 Å². The number of phenolic OH excluding ortho intramolecular Hbond substituents is 1. The van der Waals surface area contributed by atoms with Gasteiger partial charge in [0.05, 0.1) is 5.69 Å². The number of phenols is 1. The van der Waals surface area contributed by atoms with E-state index in [0.717, 1.165) is 31.9 Å². The first kappa shape index (κ1) is 15.9. The third-order valence-electron chi connectivity index (χ3n) is 3.15. The van der Waals surface area contributed by atoms with Crippen LogP contribution in [0.2, 0.25) is 0 Å². The number of para-hydroxylation sites is 2. The number of anilines is 1. The monoisotopic (exact) mass is 376 g/mol. The molecule has 0 aliphatic carbocycles. The van der Waals surface area contributed by atoms with Crippen molar-refractivity contribution < 1.29 is 5.11 Å². The molecule has 0 saturated carbocycles. The number of nitrogens with zero attached hydrogens (tertiary/aromatic N) is 3. The Kier molecular flexibility index (Phi) is 6.20. The fourth-order valence-electron chi connectivity index (χ4n) is 2.17. The van der Waals surface area contributed by atoms with E-state index >= 15 is 0 Å². The van der Waals surface area contributed by atoms with Crippen LogP contribution in [0.4, 0.5) is 5.69 Å². The van der Waals surface area contributed by atoms with Crippen LogP contribution in [0.5, 0.6) is 5.75 Å². The van der Waals surface area contributed by atoms with Gasteiger partial charge in [-0.1, -0.05) is 12.1 Å². The van der Waals surface area contributed by atoms with Crippen LogP contribution in [-0.2, 0) is 0 Å². The second-order valence-electron chi connectivity index (χ2n) is 4.30. The molecule has 0 spiro atoms. The molecule has 0 bridgehead atoms. The smallest absolute Gasteiger partial charge is 0.191 e. The van der Waals surface area contributed by atoms with Crippen LogP contribution in [0.1, 0.15) is 6.92 Å². The zero-order valence-corrected chi connectivity index (χ0v) is 13.4. The highest BCUT2D eigenvalue weighted by Crippen LogP contribution is 2.26. The summed E-state index contributed by atoms with van der Waals surface area (Å²) < 4.78 is 0. The predicted molar refractivity (Wildman–Crippen MR) is 89.5 cm³/mol. The molecule has 1 fully saturated rings. The van der Waals surface area contributed by atoms with Crippen LogP contribution in [0.3, 0.4) is 0 Å². The van der Waals surface area contributed by atoms with Gasteiger partial charge in [0, 0.05) is 32.7 Å². The van der Waals surface area contributed by atoms with Crippen molar-refractivity contribution in [3.63, 3.8) is 0 Å². The Morgan fingerprint density at radius 2 is 1.89 bits per heavy atom. The fraction of sp³-hybridized carbons (Fsp3) is 0.462.